The first-order chi connectivity index (χ1) is 20.2. The fraction of sp³-hybridized carbons (Fsp3) is 0.974. The standard InChI is InChI=1S/C38H77NO2.K/c1-4-7-9-11-13-15-17-19-21-23-25-27-29-31-34-39(37(33-6-3)36-38(40)41)35-32-30-28-26-24-22-20-18-16-14-12-10-8-5-2;/h37H,4-36H2,1-3H3,(H,40,41);/q;+1/p-1. The van der Waals surface area contributed by atoms with E-state index in [0.717, 1.165) is 25.9 Å². The van der Waals surface area contributed by atoms with Crippen molar-refractivity contribution in [3.8, 4) is 0 Å². The van der Waals surface area contributed by atoms with Crippen molar-refractivity contribution in [3.63, 3.8) is 0 Å². The molecule has 0 aliphatic heterocycles. The van der Waals surface area contributed by atoms with E-state index in [1.807, 2.05) is 0 Å². The summed E-state index contributed by atoms with van der Waals surface area (Å²) in [6.45, 7) is 8.89. The van der Waals surface area contributed by atoms with Crippen LogP contribution in [-0.4, -0.2) is 30.0 Å². The number of nitrogens with zero attached hydrogens (tertiary/aromatic N) is 1. The Morgan fingerprint density at radius 2 is 0.714 bits per heavy atom. The summed E-state index contributed by atoms with van der Waals surface area (Å²) in [7, 11) is 0. The SMILES string of the molecule is CCCCCCCCCCCCCCCCN(CCCCCCCCCCCCCCCC)C(CCC)CC(=O)[O-].[K+]. The second kappa shape index (κ2) is 38.2. The van der Waals surface area contributed by atoms with Gasteiger partial charge in [0.15, 0.2) is 0 Å². The number of carbonyl (C=O) groups excluding carboxylic acids is 1. The van der Waals surface area contributed by atoms with Crippen LogP contribution in [0.3, 0.4) is 0 Å². The van der Waals surface area contributed by atoms with Crippen LogP contribution < -0.4 is 56.5 Å². The maximum Gasteiger partial charge on any atom is 1.00 e. The van der Waals surface area contributed by atoms with E-state index in [0.29, 0.717) is 0 Å². The molecule has 246 valence electrons. The van der Waals surface area contributed by atoms with Crippen molar-refractivity contribution in [3.05, 3.63) is 0 Å². The van der Waals surface area contributed by atoms with Crippen LogP contribution in [0.1, 0.15) is 220 Å². The first-order valence-electron chi connectivity index (χ1n) is 19.1. The maximum absolute atomic E-state index is 11.5. The number of unbranched alkanes of at least 4 members (excludes halogenated alkanes) is 26. The van der Waals surface area contributed by atoms with Gasteiger partial charge in [0.2, 0.25) is 0 Å². The van der Waals surface area contributed by atoms with Crippen LogP contribution in [0.15, 0.2) is 0 Å². The van der Waals surface area contributed by atoms with Crippen molar-refractivity contribution in [1.82, 2.24) is 4.90 Å². The second-order valence-electron chi connectivity index (χ2n) is 13.2. The van der Waals surface area contributed by atoms with Crippen LogP contribution in [-0.2, 0) is 4.79 Å². The number of carbonyl (C=O) groups is 1. The van der Waals surface area contributed by atoms with Gasteiger partial charge in [0.05, 0.1) is 0 Å². The van der Waals surface area contributed by atoms with E-state index < -0.39 is 5.97 Å². The predicted molar refractivity (Wildman–Crippen MR) is 181 cm³/mol. The quantitative estimate of drug-likeness (QED) is 0.0529. The van der Waals surface area contributed by atoms with Gasteiger partial charge in [-0.1, -0.05) is 194 Å². The normalized spacial score (nSPS) is 12.1. The molecule has 0 bridgehead atoms. The van der Waals surface area contributed by atoms with Crippen LogP contribution in [0.25, 0.3) is 0 Å². The van der Waals surface area contributed by atoms with Gasteiger partial charge in [0.1, 0.15) is 0 Å². The Morgan fingerprint density at radius 3 is 0.952 bits per heavy atom. The van der Waals surface area contributed by atoms with Crippen LogP contribution >= 0.6 is 0 Å². The molecule has 0 rings (SSSR count). The molecular weight excluding hydrogens is 542 g/mol. The average Bonchev–Trinajstić information content (AvgIpc) is 2.96. The monoisotopic (exact) mass is 618 g/mol. The van der Waals surface area contributed by atoms with Crippen LogP contribution in [0.5, 0.6) is 0 Å². The van der Waals surface area contributed by atoms with E-state index in [4.69, 9.17) is 0 Å². The van der Waals surface area contributed by atoms with E-state index in [9.17, 15) is 9.90 Å². The Kier molecular flexibility index (Phi) is 41.2. The molecule has 0 fully saturated rings. The number of carboxylic acids is 1. The molecule has 3 nitrogen and oxygen atoms in total. The van der Waals surface area contributed by atoms with E-state index in [-0.39, 0.29) is 63.8 Å². The van der Waals surface area contributed by atoms with Gasteiger partial charge in [0, 0.05) is 18.4 Å². The Bertz CT molecular complexity index is 483. The summed E-state index contributed by atoms with van der Waals surface area (Å²) in [5.74, 6) is -0.879. The third kappa shape index (κ3) is 33.9. The van der Waals surface area contributed by atoms with Gasteiger partial charge in [-0.25, -0.2) is 0 Å². The van der Waals surface area contributed by atoms with Gasteiger partial charge in [-0.05, 0) is 32.4 Å². The fourth-order valence-electron chi connectivity index (χ4n) is 6.44. The molecule has 0 N–H and O–H groups in total. The zero-order chi connectivity index (χ0) is 30.1. The number of hydrogen-bond acceptors (Lipinski definition) is 3. The van der Waals surface area contributed by atoms with Gasteiger partial charge in [0.25, 0.3) is 0 Å². The van der Waals surface area contributed by atoms with Gasteiger partial charge in [-0.15, -0.1) is 0 Å². The molecular formula is C38H76KNO2. The zero-order valence-electron chi connectivity index (χ0n) is 29.7. The summed E-state index contributed by atoms with van der Waals surface area (Å²) in [5, 5.41) is 11.5. The first-order valence-corrected chi connectivity index (χ1v) is 19.1. The molecule has 0 spiro atoms. The summed E-state index contributed by atoms with van der Waals surface area (Å²) in [6.07, 6.45) is 40.9. The van der Waals surface area contributed by atoms with Gasteiger partial charge in [-0.3, -0.25) is 0 Å². The summed E-state index contributed by atoms with van der Waals surface area (Å²) in [5.41, 5.74) is 0. The van der Waals surface area contributed by atoms with E-state index >= 15 is 0 Å². The molecule has 0 amide bonds. The minimum atomic E-state index is -0.879. The second-order valence-corrected chi connectivity index (χ2v) is 13.2. The molecule has 0 saturated carbocycles. The average molecular weight is 618 g/mol. The van der Waals surface area contributed by atoms with Crippen LogP contribution in [0, 0.1) is 0 Å². The first kappa shape index (κ1) is 45.2. The minimum absolute atomic E-state index is 0. The van der Waals surface area contributed by atoms with Crippen molar-refractivity contribution in [1.29, 1.82) is 0 Å². The molecule has 0 aromatic rings. The van der Waals surface area contributed by atoms with Crippen molar-refractivity contribution >= 4 is 5.97 Å². The largest absolute Gasteiger partial charge is 1.00 e. The molecule has 0 heterocycles. The van der Waals surface area contributed by atoms with Gasteiger partial charge in [-0.2, -0.15) is 0 Å². The fourth-order valence-corrected chi connectivity index (χ4v) is 6.44. The molecule has 0 radical (unpaired) electrons. The van der Waals surface area contributed by atoms with Crippen molar-refractivity contribution < 1.29 is 61.3 Å². The Labute approximate surface area is 308 Å². The molecule has 0 aliphatic carbocycles. The van der Waals surface area contributed by atoms with Crippen molar-refractivity contribution in [2.45, 2.75) is 226 Å². The summed E-state index contributed by atoms with van der Waals surface area (Å²) < 4.78 is 0. The maximum atomic E-state index is 11.5. The molecule has 0 saturated heterocycles. The topological polar surface area (TPSA) is 43.4 Å². The molecule has 1 unspecified atom stereocenters. The smallest absolute Gasteiger partial charge is 0.550 e. The third-order valence-corrected chi connectivity index (χ3v) is 9.14. The predicted octanol–water partition coefficient (Wildman–Crippen LogP) is 8.56. The third-order valence-electron chi connectivity index (χ3n) is 9.14. The van der Waals surface area contributed by atoms with E-state index in [1.54, 1.807) is 0 Å². The van der Waals surface area contributed by atoms with Crippen molar-refractivity contribution in [2.24, 2.45) is 0 Å². The van der Waals surface area contributed by atoms with E-state index in [2.05, 4.69) is 25.7 Å². The van der Waals surface area contributed by atoms with Crippen LogP contribution in [0.4, 0.5) is 0 Å². The summed E-state index contributed by atoms with van der Waals surface area (Å²) in [4.78, 5) is 14.0. The minimum Gasteiger partial charge on any atom is -0.550 e. The molecule has 0 aromatic carbocycles. The Morgan fingerprint density at radius 1 is 0.452 bits per heavy atom. The summed E-state index contributed by atoms with van der Waals surface area (Å²) >= 11 is 0. The Balaban J connectivity index is 0. The number of hydrogen-bond donors (Lipinski definition) is 0. The number of aliphatic carboxylic acids is 1. The van der Waals surface area contributed by atoms with E-state index in [1.165, 1.54) is 180 Å². The summed E-state index contributed by atoms with van der Waals surface area (Å²) in [6, 6.07) is 0.161. The van der Waals surface area contributed by atoms with Crippen LogP contribution in [0.2, 0.25) is 0 Å². The van der Waals surface area contributed by atoms with Crippen molar-refractivity contribution in [2.75, 3.05) is 13.1 Å². The molecule has 4 heteroatoms. The molecule has 0 aromatic heterocycles. The Hall–Kier alpha value is 1.07. The molecule has 0 aliphatic rings. The zero-order valence-corrected chi connectivity index (χ0v) is 32.8. The van der Waals surface area contributed by atoms with Gasteiger partial charge < -0.3 is 14.8 Å². The molecule has 42 heavy (non-hydrogen) atoms. The number of rotatable bonds is 35. The number of carboxylic acid groups (broad SMARTS) is 1. The molecule has 1 atom stereocenters. The van der Waals surface area contributed by atoms with Gasteiger partial charge >= 0.3 is 51.4 Å².